The molecule has 0 bridgehead atoms. The third-order valence-electron chi connectivity index (χ3n) is 6.57. The zero-order valence-corrected chi connectivity index (χ0v) is 23.7. The maximum Gasteiger partial charge on any atom is 0.422 e. The van der Waals surface area contributed by atoms with Crippen LogP contribution in [-0.2, 0) is 5.54 Å². The summed E-state index contributed by atoms with van der Waals surface area (Å²) in [5.74, 6) is -1.96. The number of rotatable bonds is 8. The van der Waals surface area contributed by atoms with Crippen molar-refractivity contribution in [2.75, 3.05) is 13.7 Å². The lowest BCUT2D eigenvalue weighted by atomic mass is 10.00. The average molecular weight is 613 g/mol. The Morgan fingerprint density at radius 1 is 1.02 bits per heavy atom. The lowest BCUT2D eigenvalue weighted by Gasteiger charge is -2.23. The van der Waals surface area contributed by atoms with Gasteiger partial charge in [0.2, 0.25) is 18.0 Å². The number of nitrogens with one attached hydrogen (secondary N) is 2. The number of ether oxygens (including phenoxy) is 1. The summed E-state index contributed by atoms with van der Waals surface area (Å²) in [5, 5.41) is 9.18. The molecule has 2 amide bonds. The highest BCUT2D eigenvalue weighted by Crippen LogP contribution is 2.39. The second kappa shape index (κ2) is 11.4. The van der Waals surface area contributed by atoms with Gasteiger partial charge in [-0.25, -0.2) is 4.39 Å². The molecule has 0 aliphatic heterocycles. The number of fused-ring (bicyclic) bond motifs is 1. The van der Waals surface area contributed by atoms with Crippen LogP contribution in [0.3, 0.4) is 0 Å². The van der Waals surface area contributed by atoms with Crippen molar-refractivity contribution in [3.8, 4) is 28.3 Å². The van der Waals surface area contributed by atoms with Crippen molar-refractivity contribution in [2.45, 2.75) is 32.5 Å². The molecule has 2 N–H and O–H groups in total. The van der Waals surface area contributed by atoms with Crippen molar-refractivity contribution < 1.29 is 40.8 Å². The molecule has 0 saturated heterocycles. The van der Waals surface area contributed by atoms with Gasteiger partial charge >= 0.3 is 6.18 Å². The van der Waals surface area contributed by atoms with Crippen molar-refractivity contribution in [1.82, 2.24) is 30.7 Å². The number of carbonyl (C=O) groups is 2. The maximum absolute atomic E-state index is 13.6. The number of carbonyl (C=O) groups excluding carboxylic acids is 2. The molecule has 11 nitrogen and oxygen atoms in total. The molecule has 0 unspecified atom stereocenters. The number of pyridine rings is 2. The number of benzene rings is 1. The Kier molecular flexibility index (Phi) is 7.80. The average Bonchev–Trinajstić information content (AvgIpc) is 3.64. The summed E-state index contributed by atoms with van der Waals surface area (Å²) in [5.41, 5.74) is -0.364. The van der Waals surface area contributed by atoms with Crippen LogP contribution in [0.2, 0.25) is 0 Å². The quantitative estimate of drug-likeness (QED) is 0.221. The molecule has 0 atom stereocenters. The summed E-state index contributed by atoms with van der Waals surface area (Å²) in [6.45, 7) is 3.21. The van der Waals surface area contributed by atoms with Gasteiger partial charge in [-0.2, -0.15) is 23.1 Å². The molecule has 0 aliphatic rings. The normalized spacial score (nSPS) is 11.9. The minimum atomic E-state index is -4.71. The van der Waals surface area contributed by atoms with Crippen molar-refractivity contribution in [2.24, 2.45) is 0 Å². The Balaban J connectivity index is 1.66. The largest absolute Gasteiger partial charge is 0.467 e. The Labute approximate surface area is 246 Å². The minimum absolute atomic E-state index is 0.00247. The van der Waals surface area contributed by atoms with Gasteiger partial charge in [-0.1, -0.05) is 5.16 Å². The monoisotopic (exact) mass is 612 g/mol. The standard InChI is InChI=1S/C29H24F4N6O5/c1-14-18(23(40)38-28(2,3)27-36-13-43-39-27)9-16(11-35-14)19-10-20-21(24(41)34-4)22(15-5-7-17(30)8-6-15)44-26(20)37-25(19)42-12-29(31,32)33/h5-11,13H,12H2,1-4H3,(H,34,41)(H,38,40). The molecular weight excluding hydrogens is 588 g/mol. The number of hydrogen-bond donors (Lipinski definition) is 2. The van der Waals surface area contributed by atoms with Crippen LogP contribution in [0.5, 0.6) is 5.88 Å². The second-order valence-corrected chi connectivity index (χ2v) is 10.2. The van der Waals surface area contributed by atoms with Crippen LogP contribution in [0.15, 0.2) is 57.9 Å². The number of halogens is 4. The van der Waals surface area contributed by atoms with Gasteiger partial charge in [-0.3, -0.25) is 14.6 Å². The first-order valence-corrected chi connectivity index (χ1v) is 13.0. The topological polar surface area (TPSA) is 145 Å². The molecule has 5 aromatic rings. The molecule has 15 heteroatoms. The fourth-order valence-corrected chi connectivity index (χ4v) is 4.39. The Hall–Kier alpha value is -5.34. The highest BCUT2D eigenvalue weighted by atomic mass is 19.4. The predicted molar refractivity (Wildman–Crippen MR) is 147 cm³/mol. The first-order chi connectivity index (χ1) is 20.8. The van der Waals surface area contributed by atoms with Gasteiger partial charge in [-0.15, -0.1) is 0 Å². The second-order valence-electron chi connectivity index (χ2n) is 10.2. The minimum Gasteiger partial charge on any atom is -0.467 e. The summed E-state index contributed by atoms with van der Waals surface area (Å²) in [7, 11) is 1.38. The Bertz CT molecular complexity index is 1850. The van der Waals surface area contributed by atoms with E-state index in [-0.39, 0.29) is 44.9 Å². The van der Waals surface area contributed by atoms with Crippen molar-refractivity contribution >= 4 is 22.9 Å². The molecule has 0 fully saturated rings. The summed E-state index contributed by atoms with van der Waals surface area (Å²) < 4.78 is 68.9. The van der Waals surface area contributed by atoms with Gasteiger partial charge in [0.1, 0.15) is 11.6 Å². The molecular formula is C29H24F4N6O5. The molecule has 44 heavy (non-hydrogen) atoms. The molecule has 4 aromatic heterocycles. The van der Waals surface area contributed by atoms with E-state index in [0.717, 1.165) is 18.5 Å². The fourth-order valence-electron chi connectivity index (χ4n) is 4.39. The third-order valence-corrected chi connectivity index (χ3v) is 6.57. The number of amides is 2. The van der Waals surface area contributed by atoms with E-state index in [9.17, 15) is 27.2 Å². The molecule has 0 radical (unpaired) electrons. The van der Waals surface area contributed by atoms with Crippen LogP contribution in [-0.4, -0.2) is 51.8 Å². The zero-order chi connectivity index (χ0) is 31.8. The first kappa shape index (κ1) is 30.1. The number of aromatic nitrogens is 4. The van der Waals surface area contributed by atoms with E-state index in [4.69, 9.17) is 13.7 Å². The fraction of sp³-hybridized carbons (Fsp3) is 0.241. The molecule has 0 aliphatic carbocycles. The van der Waals surface area contributed by atoms with Crippen LogP contribution in [0.4, 0.5) is 17.6 Å². The summed E-state index contributed by atoms with van der Waals surface area (Å²) >= 11 is 0. The highest BCUT2D eigenvalue weighted by molar-refractivity contribution is 6.11. The van der Waals surface area contributed by atoms with E-state index in [1.807, 2.05) is 0 Å². The van der Waals surface area contributed by atoms with Gasteiger partial charge in [0.25, 0.3) is 11.8 Å². The van der Waals surface area contributed by atoms with Gasteiger partial charge in [0, 0.05) is 29.9 Å². The van der Waals surface area contributed by atoms with Gasteiger partial charge in [-0.05, 0) is 57.2 Å². The van der Waals surface area contributed by atoms with Crippen LogP contribution < -0.4 is 15.4 Å². The zero-order valence-electron chi connectivity index (χ0n) is 23.7. The number of aryl methyl sites for hydroxylation is 1. The summed E-state index contributed by atoms with van der Waals surface area (Å²) in [4.78, 5) is 38.8. The predicted octanol–water partition coefficient (Wildman–Crippen LogP) is 5.35. The summed E-state index contributed by atoms with van der Waals surface area (Å²) in [6, 6.07) is 7.87. The Morgan fingerprint density at radius 3 is 2.39 bits per heavy atom. The SMILES string of the molecule is CNC(=O)c1c(-c2ccc(F)cc2)oc2nc(OCC(F)(F)F)c(-c3cnc(C)c(C(=O)NC(C)(C)c4ncon4)c3)cc12. The van der Waals surface area contributed by atoms with Crippen molar-refractivity contribution in [1.29, 1.82) is 0 Å². The number of hydrogen-bond acceptors (Lipinski definition) is 9. The van der Waals surface area contributed by atoms with Crippen LogP contribution in [0, 0.1) is 12.7 Å². The van der Waals surface area contributed by atoms with E-state index in [1.54, 1.807) is 20.8 Å². The molecule has 0 saturated carbocycles. The van der Waals surface area contributed by atoms with Crippen LogP contribution in [0.1, 0.15) is 46.1 Å². The maximum atomic E-state index is 13.6. The lowest BCUT2D eigenvalue weighted by Crippen LogP contribution is -2.42. The highest BCUT2D eigenvalue weighted by Gasteiger charge is 2.32. The molecule has 5 rings (SSSR count). The van der Waals surface area contributed by atoms with Gasteiger partial charge in [0.15, 0.2) is 12.4 Å². The van der Waals surface area contributed by atoms with E-state index >= 15 is 0 Å². The van der Waals surface area contributed by atoms with Crippen LogP contribution in [0.25, 0.3) is 33.6 Å². The van der Waals surface area contributed by atoms with Gasteiger partial charge < -0.3 is 24.3 Å². The molecule has 4 heterocycles. The van der Waals surface area contributed by atoms with Crippen molar-refractivity contribution in [3.05, 3.63) is 77.5 Å². The number of alkyl halides is 3. The summed E-state index contributed by atoms with van der Waals surface area (Å²) in [6.07, 6.45) is -2.26. The van der Waals surface area contributed by atoms with Crippen LogP contribution >= 0.6 is 0 Å². The van der Waals surface area contributed by atoms with Gasteiger partial charge in [0.05, 0.1) is 27.7 Å². The molecule has 1 aromatic carbocycles. The smallest absolute Gasteiger partial charge is 0.422 e. The third kappa shape index (κ3) is 6.07. The van der Waals surface area contributed by atoms with Crippen molar-refractivity contribution in [3.63, 3.8) is 0 Å². The lowest BCUT2D eigenvalue weighted by molar-refractivity contribution is -0.154. The number of nitrogens with zero attached hydrogens (tertiary/aromatic N) is 4. The van der Waals surface area contributed by atoms with E-state index in [2.05, 4.69) is 30.7 Å². The number of furan rings is 1. The molecule has 0 spiro atoms. The first-order valence-electron chi connectivity index (χ1n) is 13.0. The van der Waals surface area contributed by atoms with E-state index < -0.39 is 41.8 Å². The Morgan fingerprint density at radius 2 is 1.75 bits per heavy atom. The van der Waals surface area contributed by atoms with E-state index in [0.29, 0.717) is 11.3 Å². The molecule has 228 valence electrons. The van der Waals surface area contributed by atoms with E-state index in [1.165, 1.54) is 37.5 Å².